The van der Waals surface area contributed by atoms with Crippen molar-refractivity contribution in [2.24, 2.45) is 22.5 Å². The maximum Gasteiger partial charge on any atom is 0.508 e. The van der Waals surface area contributed by atoms with Gasteiger partial charge in [0.25, 0.3) is 0 Å². The van der Waals surface area contributed by atoms with Crippen LogP contribution in [0.5, 0.6) is 11.5 Å². The molecule has 0 spiro atoms. The van der Waals surface area contributed by atoms with Gasteiger partial charge in [-0.3, -0.25) is 14.4 Å². The third-order valence-electron chi connectivity index (χ3n) is 5.88. The molecule has 0 bridgehead atoms. The number of aliphatic carboxylic acids is 1. The summed E-state index contributed by atoms with van der Waals surface area (Å²) in [4.78, 5) is 49.4. The van der Waals surface area contributed by atoms with Crippen molar-refractivity contribution in [2.45, 2.75) is 106 Å². The smallest absolute Gasteiger partial charge is 0.480 e. The first-order valence-corrected chi connectivity index (χ1v) is 13.6. The number of carboxylic acid groups (broad SMARTS) is 1. The SMILES string of the molecule is CCC(C)COC(=O)O[C@@H](C)CC(N)(Cc1ccc(OC(=O)CC(C)(C)C)c(OC(=O)CC(C)(C)C)c1)C(=O)O. The lowest BCUT2D eigenvalue weighted by Gasteiger charge is -2.28. The molecule has 226 valence electrons. The normalized spacial score (nSPS) is 14.8. The average molecular weight is 566 g/mol. The van der Waals surface area contributed by atoms with Crippen molar-refractivity contribution in [3.05, 3.63) is 23.8 Å². The van der Waals surface area contributed by atoms with Crippen LogP contribution in [0.15, 0.2) is 18.2 Å². The minimum Gasteiger partial charge on any atom is -0.480 e. The van der Waals surface area contributed by atoms with Crippen molar-refractivity contribution in [1.82, 2.24) is 0 Å². The van der Waals surface area contributed by atoms with Gasteiger partial charge in [-0.05, 0) is 41.4 Å². The highest BCUT2D eigenvalue weighted by Crippen LogP contribution is 2.33. The predicted molar refractivity (Wildman–Crippen MR) is 150 cm³/mol. The van der Waals surface area contributed by atoms with Crippen LogP contribution in [0.1, 0.15) is 93.6 Å². The van der Waals surface area contributed by atoms with Gasteiger partial charge in [-0.15, -0.1) is 0 Å². The van der Waals surface area contributed by atoms with Crippen LogP contribution in [0.2, 0.25) is 0 Å². The van der Waals surface area contributed by atoms with Gasteiger partial charge in [0.2, 0.25) is 0 Å². The molecule has 0 aliphatic heterocycles. The summed E-state index contributed by atoms with van der Waals surface area (Å²) in [5, 5.41) is 9.96. The van der Waals surface area contributed by atoms with E-state index in [9.17, 15) is 24.3 Å². The molecule has 0 fully saturated rings. The lowest BCUT2D eigenvalue weighted by atomic mass is 9.86. The number of hydrogen-bond acceptors (Lipinski definition) is 9. The Morgan fingerprint density at radius 1 is 0.900 bits per heavy atom. The molecule has 3 N–H and O–H groups in total. The van der Waals surface area contributed by atoms with Crippen molar-refractivity contribution < 1.29 is 43.2 Å². The van der Waals surface area contributed by atoms with Crippen LogP contribution in [0.3, 0.4) is 0 Å². The molecule has 0 saturated carbocycles. The molecule has 0 saturated heterocycles. The van der Waals surface area contributed by atoms with E-state index in [1.54, 1.807) is 6.07 Å². The molecule has 1 aromatic carbocycles. The van der Waals surface area contributed by atoms with E-state index in [-0.39, 0.29) is 60.5 Å². The van der Waals surface area contributed by atoms with Crippen molar-refractivity contribution >= 4 is 24.1 Å². The molecular weight excluding hydrogens is 518 g/mol. The van der Waals surface area contributed by atoms with Crippen LogP contribution in [-0.2, 0) is 30.3 Å². The van der Waals surface area contributed by atoms with Gasteiger partial charge in [0, 0.05) is 12.8 Å². The topological polar surface area (TPSA) is 151 Å². The summed E-state index contributed by atoms with van der Waals surface area (Å²) in [6, 6.07) is 4.44. The number of carbonyl (C=O) groups excluding carboxylic acids is 3. The zero-order chi connectivity index (χ0) is 30.9. The van der Waals surface area contributed by atoms with Crippen molar-refractivity contribution in [3.8, 4) is 11.5 Å². The molecule has 10 heteroatoms. The number of nitrogens with two attached hydrogens (primary N) is 1. The first-order chi connectivity index (χ1) is 18.2. The van der Waals surface area contributed by atoms with Crippen LogP contribution < -0.4 is 15.2 Å². The van der Waals surface area contributed by atoms with Crippen molar-refractivity contribution in [3.63, 3.8) is 0 Å². The second-order valence-electron chi connectivity index (χ2n) is 13.0. The van der Waals surface area contributed by atoms with E-state index in [0.717, 1.165) is 6.42 Å². The molecule has 10 nitrogen and oxygen atoms in total. The Labute approximate surface area is 237 Å². The molecule has 0 aliphatic rings. The number of hydrogen-bond donors (Lipinski definition) is 2. The number of carbonyl (C=O) groups is 4. The summed E-state index contributed by atoms with van der Waals surface area (Å²) in [5.41, 5.74) is 4.22. The highest BCUT2D eigenvalue weighted by atomic mass is 16.7. The molecule has 3 atom stereocenters. The van der Waals surface area contributed by atoms with Crippen LogP contribution >= 0.6 is 0 Å². The molecule has 0 aromatic heterocycles. The third-order valence-corrected chi connectivity index (χ3v) is 5.88. The van der Waals surface area contributed by atoms with Crippen molar-refractivity contribution in [2.75, 3.05) is 6.61 Å². The Morgan fingerprint density at radius 2 is 1.43 bits per heavy atom. The van der Waals surface area contributed by atoms with E-state index in [1.807, 2.05) is 55.4 Å². The summed E-state index contributed by atoms with van der Waals surface area (Å²) >= 11 is 0. The number of ether oxygens (including phenoxy) is 4. The van der Waals surface area contributed by atoms with Gasteiger partial charge in [-0.25, -0.2) is 4.79 Å². The van der Waals surface area contributed by atoms with Gasteiger partial charge in [0.1, 0.15) is 11.6 Å². The van der Waals surface area contributed by atoms with Crippen LogP contribution in [0, 0.1) is 16.7 Å². The van der Waals surface area contributed by atoms with Gasteiger partial charge < -0.3 is 29.8 Å². The van der Waals surface area contributed by atoms with Crippen molar-refractivity contribution in [1.29, 1.82) is 0 Å². The standard InChI is InChI=1S/C30H47NO9/c1-10-19(2)18-37-27(36)38-20(3)14-30(31,26(34)35)15-21-11-12-22(39-24(32)16-28(4,5)6)23(13-21)40-25(33)17-29(7,8)9/h11-13,19-20H,10,14-18,31H2,1-9H3,(H,34,35)/t19?,20-,30?/m0/s1. The first kappa shape index (κ1) is 34.9. The highest BCUT2D eigenvalue weighted by Gasteiger charge is 2.37. The molecule has 40 heavy (non-hydrogen) atoms. The van der Waals surface area contributed by atoms with E-state index in [0.29, 0.717) is 5.56 Å². The average Bonchev–Trinajstić information content (AvgIpc) is 2.76. The fourth-order valence-electron chi connectivity index (χ4n) is 3.69. The lowest BCUT2D eigenvalue weighted by molar-refractivity contribution is -0.145. The summed E-state index contributed by atoms with van der Waals surface area (Å²) in [7, 11) is 0. The molecule has 0 heterocycles. The minimum atomic E-state index is -1.83. The monoisotopic (exact) mass is 565 g/mol. The Morgan fingerprint density at radius 3 is 1.90 bits per heavy atom. The summed E-state index contributed by atoms with van der Waals surface area (Å²) in [6.07, 6.45) is -1.07. The van der Waals surface area contributed by atoms with E-state index >= 15 is 0 Å². The second kappa shape index (κ2) is 14.5. The molecular formula is C30H47NO9. The molecule has 0 aliphatic carbocycles. The molecule has 0 radical (unpaired) electrons. The first-order valence-electron chi connectivity index (χ1n) is 13.6. The van der Waals surface area contributed by atoms with E-state index in [1.165, 1.54) is 19.1 Å². The maximum absolute atomic E-state index is 12.6. The van der Waals surface area contributed by atoms with Gasteiger partial charge in [0.15, 0.2) is 11.5 Å². The molecule has 1 rings (SSSR count). The quantitative estimate of drug-likeness (QED) is 0.226. The number of carboxylic acids is 1. The Bertz CT molecular complexity index is 1040. The minimum absolute atomic E-state index is 0.0142. The predicted octanol–water partition coefficient (Wildman–Crippen LogP) is 5.67. The fourth-order valence-corrected chi connectivity index (χ4v) is 3.69. The molecule has 0 amide bonds. The summed E-state index contributed by atoms with van der Waals surface area (Å²) in [5.74, 6) is -2.15. The van der Waals surface area contributed by atoms with Gasteiger partial charge in [-0.2, -0.15) is 0 Å². The molecule has 2 unspecified atom stereocenters. The summed E-state index contributed by atoms with van der Waals surface area (Å²) < 4.78 is 21.4. The largest absolute Gasteiger partial charge is 0.508 e. The van der Waals surface area contributed by atoms with E-state index in [2.05, 4.69) is 0 Å². The Hall–Kier alpha value is -3.14. The number of benzene rings is 1. The zero-order valence-electron chi connectivity index (χ0n) is 25.4. The second-order valence-corrected chi connectivity index (χ2v) is 13.0. The third kappa shape index (κ3) is 13.3. The van der Waals surface area contributed by atoms with Gasteiger partial charge in [0.05, 0.1) is 19.4 Å². The Kier molecular flexibility index (Phi) is 12.6. The van der Waals surface area contributed by atoms with E-state index in [4.69, 9.17) is 24.7 Å². The number of rotatable bonds is 13. The summed E-state index contributed by atoms with van der Waals surface area (Å²) in [6.45, 7) is 17.0. The highest BCUT2D eigenvalue weighted by molar-refractivity contribution is 5.80. The number of esters is 2. The van der Waals surface area contributed by atoms with Gasteiger partial charge >= 0.3 is 24.1 Å². The fraction of sp³-hybridized carbons (Fsp3) is 0.667. The lowest BCUT2D eigenvalue weighted by Crippen LogP contribution is -2.52. The van der Waals surface area contributed by atoms with Gasteiger partial charge in [-0.1, -0.05) is 67.9 Å². The van der Waals surface area contributed by atoms with Crippen LogP contribution in [0.4, 0.5) is 4.79 Å². The van der Waals surface area contributed by atoms with E-state index < -0.39 is 35.7 Å². The Balaban J connectivity index is 3.17. The van der Waals surface area contributed by atoms with Crippen LogP contribution in [0.25, 0.3) is 0 Å². The zero-order valence-corrected chi connectivity index (χ0v) is 25.4. The molecule has 1 aromatic rings. The maximum atomic E-state index is 12.6. The van der Waals surface area contributed by atoms with Crippen LogP contribution in [-0.4, -0.2) is 47.4 Å².